The van der Waals surface area contributed by atoms with E-state index in [0.717, 1.165) is 12.3 Å². The molecule has 2 heteroatoms. The third-order valence-electron chi connectivity index (χ3n) is 6.25. The van der Waals surface area contributed by atoms with Gasteiger partial charge in [0.1, 0.15) is 0 Å². The Balaban J connectivity index is 1.89. The summed E-state index contributed by atoms with van der Waals surface area (Å²) >= 11 is -0.808. The molecular weight excluding hydrogens is 311 g/mol. The predicted octanol–water partition coefficient (Wildman–Crippen LogP) is 3.60. The number of aliphatic hydroxyl groups is 1. The fraction of sp³-hybridized carbons (Fsp3) is 0.667. The Bertz CT molecular complexity index is 470. The summed E-state index contributed by atoms with van der Waals surface area (Å²) in [5.74, 6) is 0.748. The molecule has 0 radical (unpaired) electrons. The average Bonchev–Trinajstić information content (AvgIpc) is 2.80. The van der Waals surface area contributed by atoms with Crippen molar-refractivity contribution < 1.29 is 5.11 Å². The van der Waals surface area contributed by atoms with E-state index in [1.807, 2.05) is 0 Å². The van der Waals surface area contributed by atoms with Crippen molar-refractivity contribution in [2.24, 2.45) is 16.7 Å². The molecule has 0 spiro atoms. The van der Waals surface area contributed by atoms with Gasteiger partial charge in [-0.2, -0.15) is 0 Å². The Kier molecular flexibility index (Phi) is 3.77. The molecule has 110 valence electrons. The van der Waals surface area contributed by atoms with Crippen molar-refractivity contribution in [2.75, 3.05) is 0 Å². The number of benzene rings is 1. The van der Waals surface area contributed by atoms with Crippen molar-refractivity contribution in [2.45, 2.75) is 56.8 Å². The summed E-state index contributed by atoms with van der Waals surface area (Å²) in [6, 6.07) is 11.1. The van der Waals surface area contributed by atoms with Crippen LogP contribution in [0.25, 0.3) is 0 Å². The summed E-state index contributed by atoms with van der Waals surface area (Å²) in [5.41, 5.74) is 0.534. The minimum atomic E-state index is -0.808. The Morgan fingerprint density at radius 3 is 2.45 bits per heavy atom. The van der Waals surface area contributed by atoms with Gasteiger partial charge in [-0.25, -0.2) is 0 Å². The van der Waals surface area contributed by atoms with Crippen LogP contribution >= 0.6 is 0 Å². The number of hydrogen-bond donors (Lipinski definition) is 1. The number of fused-ring (bicyclic) bond motifs is 2. The van der Waals surface area contributed by atoms with Crippen molar-refractivity contribution in [3.05, 3.63) is 30.3 Å². The van der Waals surface area contributed by atoms with Gasteiger partial charge in [0.05, 0.1) is 0 Å². The van der Waals surface area contributed by atoms with E-state index >= 15 is 0 Å². The Labute approximate surface area is 127 Å². The first kappa shape index (κ1) is 14.6. The molecule has 20 heavy (non-hydrogen) atoms. The fourth-order valence-electron chi connectivity index (χ4n) is 4.66. The van der Waals surface area contributed by atoms with Crippen LogP contribution in [0.4, 0.5) is 0 Å². The van der Waals surface area contributed by atoms with Crippen LogP contribution in [0, 0.1) is 16.7 Å². The van der Waals surface area contributed by atoms with Gasteiger partial charge in [0, 0.05) is 0 Å². The summed E-state index contributed by atoms with van der Waals surface area (Å²) in [4.78, 5) is 0. The van der Waals surface area contributed by atoms with Crippen LogP contribution < -0.4 is 4.46 Å². The van der Waals surface area contributed by atoms with Crippen LogP contribution in [0.1, 0.15) is 40.0 Å². The summed E-state index contributed by atoms with van der Waals surface area (Å²) in [6.45, 7) is 7.19. The molecule has 0 aromatic heterocycles. The van der Waals surface area contributed by atoms with E-state index in [9.17, 15) is 5.11 Å². The quantitative estimate of drug-likeness (QED) is 0.832. The first-order valence-electron chi connectivity index (χ1n) is 7.92. The van der Waals surface area contributed by atoms with Crippen LogP contribution in [0.2, 0.25) is 10.6 Å². The van der Waals surface area contributed by atoms with Crippen molar-refractivity contribution in [3.8, 4) is 0 Å². The van der Waals surface area contributed by atoms with Crippen molar-refractivity contribution in [1.29, 1.82) is 0 Å². The molecule has 1 aromatic carbocycles. The second-order valence-corrected chi connectivity index (χ2v) is 12.0. The van der Waals surface area contributed by atoms with E-state index in [1.165, 1.54) is 23.5 Å². The third-order valence-corrected chi connectivity index (χ3v) is 11.5. The van der Waals surface area contributed by atoms with E-state index in [4.69, 9.17) is 0 Å². The Morgan fingerprint density at radius 2 is 1.95 bits per heavy atom. The molecule has 0 saturated heterocycles. The van der Waals surface area contributed by atoms with Gasteiger partial charge in [0.2, 0.25) is 0 Å². The molecule has 0 aliphatic heterocycles. The van der Waals surface area contributed by atoms with Crippen molar-refractivity contribution in [1.82, 2.24) is 0 Å². The molecule has 0 heterocycles. The van der Waals surface area contributed by atoms with Crippen molar-refractivity contribution >= 4 is 18.4 Å². The molecule has 2 aliphatic carbocycles. The molecule has 1 N–H and O–H groups in total. The van der Waals surface area contributed by atoms with Gasteiger partial charge >= 0.3 is 127 Å². The van der Waals surface area contributed by atoms with Crippen LogP contribution in [0.3, 0.4) is 0 Å². The number of hydrogen-bond acceptors (Lipinski definition) is 1. The first-order valence-corrected chi connectivity index (χ1v) is 11.2. The average molecular weight is 338 g/mol. The maximum atomic E-state index is 10.7. The van der Waals surface area contributed by atoms with Crippen LogP contribution in [-0.2, 0) is 0 Å². The van der Waals surface area contributed by atoms with Gasteiger partial charge in [0.25, 0.3) is 0 Å². The van der Waals surface area contributed by atoms with Gasteiger partial charge in [-0.15, -0.1) is 0 Å². The zero-order valence-electron chi connectivity index (χ0n) is 12.9. The number of rotatable bonds is 4. The number of aliphatic hydroxyl groups excluding tert-OH is 1. The zero-order valence-corrected chi connectivity index (χ0v) is 14.6. The molecule has 2 saturated carbocycles. The first-order chi connectivity index (χ1) is 9.51. The van der Waals surface area contributed by atoms with E-state index in [2.05, 4.69) is 51.1 Å². The second kappa shape index (κ2) is 5.16. The summed E-state index contributed by atoms with van der Waals surface area (Å²) in [7, 11) is 0. The van der Waals surface area contributed by atoms with Gasteiger partial charge in [-0.3, -0.25) is 0 Å². The van der Waals surface area contributed by atoms with Gasteiger partial charge in [-0.1, -0.05) is 0 Å². The van der Waals surface area contributed by atoms with E-state index in [1.54, 1.807) is 4.46 Å². The van der Waals surface area contributed by atoms with Crippen LogP contribution in [-0.4, -0.2) is 25.1 Å². The van der Waals surface area contributed by atoms with Crippen molar-refractivity contribution in [3.63, 3.8) is 0 Å². The molecule has 1 unspecified atom stereocenters. The fourth-order valence-corrected chi connectivity index (χ4v) is 10.1. The summed E-state index contributed by atoms with van der Waals surface area (Å²) < 4.78 is 1.57. The summed E-state index contributed by atoms with van der Waals surface area (Å²) in [5, 5.41) is 13.3. The van der Waals surface area contributed by atoms with Crippen LogP contribution in [0.15, 0.2) is 30.3 Å². The third kappa shape index (κ3) is 2.00. The molecule has 1 aromatic rings. The molecule has 0 amide bonds. The predicted molar refractivity (Wildman–Crippen MR) is 86.7 cm³/mol. The maximum absolute atomic E-state index is 10.7. The van der Waals surface area contributed by atoms with Gasteiger partial charge in [0.15, 0.2) is 0 Å². The normalized spacial score (nSPS) is 36.2. The SMILES string of the molecule is CC[Se+](C[C@]12CC[C@H](C[C@H]1O)C2(C)C)c1ccccc1. The topological polar surface area (TPSA) is 20.2 Å². The summed E-state index contributed by atoms with van der Waals surface area (Å²) in [6.07, 6.45) is 3.57. The van der Waals surface area contributed by atoms with E-state index in [0.29, 0.717) is 5.41 Å². The van der Waals surface area contributed by atoms with E-state index in [-0.39, 0.29) is 11.5 Å². The molecule has 4 atom stereocenters. The molecule has 3 rings (SSSR count). The Morgan fingerprint density at radius 1 is 1.25 bits per heavy atom. The molecule has 2 aliphatic rings. The minimum absolute atomic E-state index is 0.0576. The molecule has 2 bridgehead atoms. The monoisotopic (exact) mass is 339 g/mol. The molecule has 2 fully saturated rings. The zero-order chi connectivity index (χ0) is 14.4. The van der Waals surface area contributed by atoms with E-state index < -0.39 is 13.9 Å². The van der Waals surface area contributed by atoms with Gasteiger partial charge in [-0.05, 0) is 0 Å². The molecule has 1 nitrogen and oxygen atoms in total. The van der Waals surface area contributed by atoms with Gasteiger partial charge < -0.3 is 0 Å². The van der Waals surface area contributed by atoms with Crippen LogP contribution in [0.5, 0.6) is 0 Å². The molecular formula is C18H27OSe+. The Hall–Kier alpha value is -0.301. The second-order valence-electron chi connectivity index (χ2n) is 7.10. The standard InChI is InChI=1S/C18H27OSe/c1-4-20(15-8-6-5-7-9-15)13-18-11-10-14(12-16(18)19)17(18,2)3/h5-9,14,16,19H,4,10-13H2,1-3H3/q+1/t14-,16-,18-,20?/m1/s1.